The van der Waals surface area contributed by atoms with Crippen LogP contribution in [0.5, 0.6) is 11.5 Å². The number of morpholine rings is 1. The normalized spacial score (nSPS) is 21.3. The molecule has 1 aromatic carbocycles. The zero-order valence-corrected chi connectivity index (χ0v) is 15.0. The standard InChI is InChI=1S/C19H24N2O5/c1-20-12-19(26-11-18(20)23)6-8-21(9-7-19)17(22)5-3-14-2-4-15-16(10-14)25-13-24-15/h2,4,10H,3,5-9,11-13H2,1H3. The Morgan fingerprint density at radius 2 is 1.96 bits per heavy atom. The number of piperidine rings is 1. The molecule has 1 aromatic rings. The molecule has 0 atom stereocenters. The molecule has 3 heterocycles. The minimum absolute atomic E-state index is 0.0258. The molecule has 26 heavy (non-hydrogen) atoms. The summed E-state index contributed by atoms with van der Waals surface area (Å²) in [5.41, 5.74) is 0.795. The molecule has 0 N–H and O–H groups in total. The van der Waals surface area contributed by atoms with Gasteiger partial charge in [-0.2, -0.15) is 0 Å². The number of amides is 2. The molecule has 2 saturated heterocycles. The van der Waals surface area contributed by atoms with E-state index in [2.05, 4.69) is 0 Å². The average molecular weight is 360 g/mol. The second-order valence-electron chi connectivity index (χ2n) is 7.29. The molecule has 1 spiro atoms. The van der Waals surface area contributed by atoms with E-state index in [9.17, 15) is 9.59 Å². The topological polar surface area (TPSA) is 68.3 Å². The lowest BCUT2D eigenvalue weighted by Gasteiger charge is -2.46. The average Bonchev–Trinajstić information content (AvgIpc) is 3.12. The lowest BCUT2D eigenvalue weighted by molar-refractivity contribution is -0.170. The molecule has 2 fully saturated rings. The van der Waals surface area contributed by atoms with Crippen molar-refractivity contribution in [1.29, 1.82) is 0 Å². The fourth-order valence-electron chi connectivity index (χ4n) is 3.86. The third-order valence-electron chi connectivity index (χ3n) is 5.54. The van der Waals surface area contributed by atoms with Gasteiger partial charge in [-0.3, -0.25) is 9.59 Å². The summed E-state index contributed by atoms with van der Waals surface area (Å²) in [6.07, 6.45) is 2.72. The van der Waals surface area contributed by atoms with Crippen LogP contribution in [0.25, 0.3) is 0 Å². The summed E-state index contributed by atoms with van der Waals surface area (Å²) >= 11 is 0. The molecule has 0 saturated carbocycles. The van der Waals surface area contributed by atoms with Crippen molar-refractivity contribution in [1.82, 2.24) is 9.80 Å². The lowest BCUT2D eigenvalue weighted by Crippen LogP contribution is -2.58. The third-order valence-corrected chi connectivity index (χ3v) is 5.54. The van der Waals surface area contributed by atoms with E-state index in [0.717, 1.165) is 29.9 Å². The number of aryl methyl sites for hydroxylation is 1. The first kappa shape index (κ1) is 17.1. The monoisotopic (exact) mass is 360 g/mol. The molecule has 7 heteroatoms. The quantitative estimate of drug-likeness (QED) is 0.810. The fourth-order valence-corrected chi connectivity index (χ4v) is 3.86. The molecular formula is C19H24N2O5. The number of nitrogens with zero attached hydrogens (tertiary/aromatic N) is 2. The number of likely N-dealkylation sites (tertiary alicyclic amines) is 1. The van der Waals surface area contributed by atoms with Crippen LogP contribution < -0.4 is 9.47 Å². The molecule has 140 valence electrons. The first-order valence-electron chi connectivity index (χ1n) is 9.09. The van der Waals surface area contributed by atoms with Gasteiger partial charge in [0.25, 0.3) is 0 Å². The molecule has 0 bridgehead atoms. The van der Waals surface area contributed by atoms with Crippen LogP contribution in [0.4, 0.5) is 0 Å². The van der Waals surface area contributed by atoms with E-state index in [1.54, 1.807) is 4.90 Å². The number of benzene rings is 1. The number of hydrogen-bond acceptors (Lipinski definition) is 5. The minimum Gasteiger partial charge on any atom is -0.454 e. The van der Waals surface area contributed by atoms with Gasteiger partial charge in [0, 0.05) is 33.1 Å². The Kier molecular flexibility index (Phi) is 4.48. The van der Waals surface area contributed by atoms with Gasteiger partial charge < -0.3 is 24.0 Å². The van der Waals surface area contributed by atoms with Crippen molar-refractivity contribution < 1.29 is 23.8 Å². The summed E-state index contributed by atoms with van der Waals surface area (Å²) in [5, 5.41) is 0. The third kappa shape index (κ3) is 3.35. The van der Waals surface area contributed by atoms with Gasteiger partial charge in [-0.1, -0.05) is 6.07 Å². The van der Waals surface area contributed by atoms with Crippen molar-refractivity contribution in [2.75, 3.05) is 40.1 Å². The van der Waals surface area contributed by atoms with Crippen LogP contribution in [0.3, 0.4) is 0 Å². The summed E-state index contributed by atoms with van der Waals surface area (Å²) in [7, 11) is 1.81. The van der Waals surface area contributed by atoms with Gasteiger partial charge in [-0.15, -0.1) is 0 Å². The molecule has 0 unspecified atom stereocenters. The predicted octanol–water partition coefficient (Wildman–Crippen LogP) is 1.20. The van der Waals surface area contributed by atoms with E-state index in [1.165, 1.54) is 0 Å². The summed E-state index contributed by atoms with van der Waals surface area (Å²) in [6, 6.07) is 5.82. The van der Waals surface area contributed by atoms with Crippen molar-refractivity contribution in [3.8, 4) is 11.5 Å². The van der Waals surface area contributed by atoms with Gasteiger partial charge in [-0.05, 0) is 37.0 Å². The fraction of sp³-hybridized carbons (Fsp3) is 0.579. The van der Waals surface area contributed by atoms with E-state index < -0.39 is 0 Å². The summed E-state index contributed by atoms with van der Waals surface area (Å²) < 4.78 is 16.5. The van der Waals surface area contributed by atoms with E-state index in [1.807, 2.05) is 30.1 Å². The number of hydrogen-bond donors (Lipinski definition) is 0. The highest BCUT2D eigenvalue weighted by molar-refractivity contribution is 5.78. The zero-order valence-electron chi connectivity index (χ0n) is 15.0. The smallest absolute Gasteiger partial charge is 0.248 e. The maximum absolute atomic E-state index is 12.6. The molecule has 7 nitrogen and oxygen atoms in total. The Balaban J connectivity index is 1.28. The Morgan fingerprint density at radius 1 is 1.19 bits per heavy atom. The van der Waals surface area contributed by atoms with Gasteiger partial charge in [0.15, 0.2) is 11.5 Å². The summed E-state index contributed by atoms with van der Waals surface area (Å²) in [5.74, 6) is 1.70. The summed E-state index contributed by atoms with van der Waals surface area (Å²) in [4.78, 5) is 27.8. The maximum atomic E-state index is 12.6. The molecule has 3 aliphatic heterocycles. The summed E-state index contributed by atoms with van der Waals surface area (Å²) in [6.45, 7) is 2.39. The highest BCUT2D eigenvalue weighted by Gasteiger charge is 2.41. The van der Waals surface area contributed by atoms with Crippen LogP contribution in [-0.4, -0.2) is 67.3 Å². The van der Waals surface area contributed by atoms with Crippen molar-refractivity contribution in [3.63, 3.8) is 0 Å². The lowest BCUT2D eigenvalue weighted by atomic mass is 9.89. The number of rotatable bonds is 3. The van der Waals surface area contributed by atoms with E-state index in [0.29, 0.717) is 32.5 Å². The largest absolute Gasteiger partial charge is 0.454 e. The zero-order chi connectivity index (χ0) is 18.1. The Bertz CT molecular complexity index is 712. The number of carbonyl (C=O) groups is 2. The SMILES string of the molecule is CN1CC2(CCN(C(=O)CCc3ccc4c(c3)OCO4)CC2)OCC1=O. The van der Waals surface area contributed by atoms with Crippen LogP contribution in [0.15, 0.2) is 18.2 Å². The first-order chi connectivity index (χ1) is 12.5. The highest BCUT2D eigenvalue weighted by Crippen LogP contribution is 2.33. The van der Waals surface area contributed by atoms with Crippen molar-refractivity contribution in [3.05, 3.63) is 23.8 Å². The number of fused-ring (bicyclic) bond motifs is 1. The van der Waals surface area contributed by atoms with Gasteiger partial charge >= 0.3 is 0 Å². The molecule has 0 radical (unpaired) electrons. The second kappa shape index (κ2) is 6.79. The molecular weight excluding hydrogens is 336 g/mol. The van der Waals surface area contributed by atoms with Gasteiger partial charge in [0.1, 0.15) is 6.61 Å². The van der Waals surface area contributed by atoms with E-state index in [4.69, 9.17) is 14.2 Å². The first-order valence-corrected chi connectivity index (χ1v) is 9.09. The second-order valence-corrected chi connectivity index (χ2v) is 7.29. The van der Waals surface area contributed by atoms with Gasteiger partial charge in [0.05, 0.1) is 5.60 Å². The van der Waals surface area contributed by atoms with Crippen molar-refractivity contribution in [2.24, 2.45) is 0 Å². The molecule has 0 aromatic heterocycles. The van der Waals surface area contributed by atoms with Crippen LogP contribution in [-0.2, 0) is 20.7 Å². The van der Waals surface area contributed by atoms with Crippen molar-refractivity contribution in [2.45, 2.75) is 31.3 Å². The van der Waals surface area contributed by atoms with Gasteiger partial charge in [-0.25, -0.2) is 0 Å². The van der Waals surface area contributed by atoms with Crippen LogP contribution in [0.2, 0.25) is 0 Å². The Hall–Kier alpha value is -2.28. The molecule has 4 rings (SSSR count). The number of carbonyl (C=O) groups excluding carboxylic acids is 2. The van der Waals surface area contributed by atoms with Crippen molar-refractivity contribution >= 4 is 11.8 Å². The minimum atomic E-state index is -0.281. The maximum Gasteiger partial charge on any atom is 0.248 e. The predicted molar refractivity (Wildman–Crippen MR) is 93.0 cm³/mol. The van der Waals surface area contributed by atoms with Crippen LogP contribution in [0.1, 0.15) is 24.8 Å². The Morgan fingerprint density at radius 3 is 2.73 bits per heavy atom. The van der Waals surface area contributed by atoms with Crippen LogP contribution in [0, 0.1) is 0 Å². The van der Waals surface area contributed by atoms with Crippen LogP contribution >= 0.6 is 0 Å². The Labute approximate surface area is 152 Å². The molecule has 3 aliphatic rings. The molecule has 2 amide bonds. The number of likely N-dealkylation sites (N-methyl/N-ethyl adjacent to an activating group) is 1. The van der Waals surface area contributed by atoms with Gasteiger partial charge in [0.2, 0.25) is 18.6 Å². The van der Waals surface area contributed by atoms with E-state index >= 15 is 0 Å². The van der Waals surface area contributed by atoms with E-state index in [-0.39, 0.29) is 30.8 Å². The highest BCUT2D eigenvalue weighted by atomic mass is 16.7. The number of ether oxygens (including phenoxy) is 3. The molecule has 0 aliphatic carbocycles.